The predicted molar refractivity (Wildman–Crippen MR) is 74.7 cm³/mol. The first kappa shape index (κ1) is 11.6. The molecule has 90 valence electrons. The van der Waals surface area contributed by atoms with Crippen molar-refractivity contribution in [3.05, 3.63) is 42.5 Å². The monoisotopic (exact) mass is 275 g/mol. The lowest BCUT2D eigenvalue weighted by molar-refractivity contribution is -0.117. The molecule has 0 saturated carbocycles. The van der Waals surface area contributed by atoms with Gasteiger partial charge in [-0.15, -0.1) is 11.8 Å². The van der Waals surface area contributed by atoms with Crippen LogP contribution >= 0.6 is 23.5 Å². The minimum Gasteiger partial charge on any atom is -0.285 e. The van der Waals surface area contributed by atoms with Gasteiger partial charge in [0.2, 0.25) is 0 Å². The third-order valence-electron chi connectivity index (χ3n) is 2.62. The Morgan fingerprint density at radius 1 is 1.06 bits per heavy atom. The van der Waals surface area contributed by atoms with Crippen LogP contribution in [0.1, 0.15) is 0 Å². The zero-order valence-corrected chi connectivity index (χ0v) is 10.9. The fourth-order valence-corrected chi connectivity index (χ4v) is 3.84. The summed E-state index contributed by atoms with van der Waals surface area (Å²) >= 11 is 2.45. The number of fused-ring (bicyclic) bond motifs is 1. The molecule has 1 heterocycles. The normalized spacial score (nSPS) is 19.2. The maximum Gasteiger partial charge on any atom is 0.287 e. The number of hydrogen-bond donors (Lipinski definition) is 1. The molecule has 1 N–H and O–H groups in total. The van der Waals surface area contributed by atoms with E-state index in [2.05, 4.69) is 5.32 Å². The van der Waals surface area contributed by atoms with Crippen molar-refractivity contribution in [3.63, 3.8) is 0 Å². The van der Waals surface area contributed by atoms with Crippen LogP contribution in [-0.2, 0) is 4.79 Å². The summed E-state index contributed by atoms with van der Waals surface area (Å²) in [5, 5.41) is 4.33. The standard InChI is InChI=1S/C13H9NO2S2/c15-11-12(18-13(16)14-11)17-10-6-5-8-3-1-2-4-9(8)7-10/h1-7,12H,(H,14,15,16). The van der Waals surface area contributed by atoms with Crippen molar-refractivity contribution in [1.29, 1.82) is 0 Å². The van der Waals surface area contributed by atoms with E-state index in [4.69, 9.17) is 0 Å². The summed E-state index contributed by atoms with van der Waals surface area (Å²) in [6.45, 7) is 0. The topological polar surface area (TPSA) is 46.2 Å². The van der Waals surface area contributed by atoms with Gasteiger partial charge in [0.1, 0.15) is 4.58 Å². The first-order valence-corrected chi connectivity index (χ1v) is 7.15. The molecule has 5 heteroatoms. The predicted octanol–water partition coefficient (Wildman–Crippen LogP) is 3.24. The number of rotatable bonds is 2. The van der Waals surface area contributed by atoms with Gasteiger partial charge in [-0.1, -0.05) is 30.3 Å². The van der Waals surface area contributed by atoms with Crippen LogP contribution in [0.2, 0.25) is 0 Å². The van der Waals surface area contributed by atoms with Gasteiger partial charge in [0.05, 0.1) is 0 Å². The molecule has 2 aromatic carbocycles. The summed E-state index contributed by atoms with van der Waals surface area (Å²) in [6, 6.07) is 14.1. The summed E-state index contributed by atoms with van der Waals surface area (Å²) in [6.07, 6.45) is 0. The largest absolute Gasteiger partial charge is 0.287 e. The smallest absolute Gasteiger partial charge is 0.285 e. The van der Waals surface area contributed by atoms with Gasteiger partial charge in [-0.05, 0) is 34.7 Å². The number of thioether (sulfide) groups is 2. The van der Waals surface area contributed by atoms with Crippen molar-refractivity contribution in [2.45, 2.75) is 9.48 Å². The molecule has 3 nitrogen and oxygen atoms in total. The highest BCUT2D eigenvalue weighted by molar-refractivity contribution is 8.26. The molecule has 18 heavy (non-hydrogen) atoms. The lowest BCUT2D eigenvalue weighted by atomic mass is 10.1. The third kappa shape index (κ3) is 2.23. The van der Waals surface area contributed by atoms with Gasteiger partial charge in [0.25, 0.3) is 11.1 Å². The highest BCUT2D eigenvalue weighted by Gasteiger charge is 2.32. The van der Waals surface area contributed by atoms with Crippen molar-refractivity contribution in [1.82, 2.24) is 5.32 Å². The van der Waals surface area contributed by atoms with E-state index >= 15 is 0 Å². The number of carbonyl (C=O) groups excluding carboxylic acids is 2. The second-order valence-corrected chi connectivity index (χ2v) is 6.41. The van der Waals surface area contributed by atoms with Crippen molar-refractivity contribution >= 4 is 45.4 Å². The van der Waals surface area contributed by atoms with Crippen LogP contribution in [0.3, 0.4) is 0 Å². The summed E-state index contributed by atoms with van der Waals surface area (Å²) < 4.78 is -0.376. The molecule has 0 radical (unpaired) electrons. The second-order valence-electron chi connectivity index (χ2n) is 3.85. The number of amides is 2. The Balaban J connectivity index is 1.87. The minimum atomic E-state index is -0.376. The molecule has 0 aliphatic carbocycles. The highest BCUT2D eigenvalue weighted by atomic mass is 32.2. The van der Waals surface area contributed by atoms with E-state index in [0.717, 1.165) is 22.0 Å². The van der Waals surface area contributed by atoms with E-state index in [-0.39, 0.29) is 15.7 Å². The van der Waals surface area contributed by atoms with Gasteiger partial charge in [-0.2, -0.15) is 0 Å². The molecule has 1 aliphatic heterocycles. The third-order valence-corrected chi connectivity index (χ3v) is 4.89. The van der Waals surface area contributed by atoms with Crippen molar-refractivity contribution in [2.75, 3.05) is 0 Å². The molecule has 0 bridgehead atoms. The average molecular weight is 275 g/mol. The molecule has 1 saturated heterocycles. The first-order chi connectivity index (χ1) is 8.72. The summed E-state index contributed by atoms with van der Waals surface area (Å²) in [4.78, 5) is 23.6. The SMILES string of the molecule is O=C1NC(=O)C(Sc2ccc3ccccc3c2)S1. The maximum absolute atomic E-state index is 11.5. The zero-order valence-electron chi connectivity index (χ0n) is 9.25. The number of carbonyl (C=O) groups is 2. The highest BCUT2D eigenvalue weighted by Crippen LogP contribution is 2.35. The molecule has 0 spiro atoms. The molecule has 2 aromatic rings. The first-order valence-electron chi connectivity index (χ1n) is 5.39. The Labute approximate surface area is 112 Å². The van der Waals surface area contributed by atoms with Gasteiger partial charge in [0.15, 0.2) is 0 Å². The van der Waals surface area contributed by atoms with E-state index < -0.39 is 0 Å². The summed E-state index contributed by atoms with van der Waals surface area (Å²) in [5.74, 6) is -0.219. The van der Waals surface area contributed by atoms with E-state index in [1.165, 1.54) is 17.1 Å². The van der Waals surface area contributed by atoms with Gasteiger partial charge < -0.3 is 0 Å². The fourth-order valence-electron chi connectivity index (χ4n) is 1.78. The second kappa shape index (κ2) is 4.66. The number of hydrogen-bond acceptors (Lipinski definition) is 4. The number of imide groups is 1. The lowest BCUT2D eigenvalue weighted by Crippen LogP contribution is -2.22. The Morgan fingerprint density at radius 3 is 2.56 bits per heavy atom. The maximum atomic E-state index is 11.5. The van der Waals surface area contributed by atoms with Crippen LogP contribution in [0, 0.1) is 0 Å². The molecule has 1 aliphatic rings. The molecule has 2 amide bonds. The molecular formula is C13H9NO2S2. The lowest BCUT2D eigenvalue weighted by Gasteiger charge is -2.06. The van der Waals surface area contributed by atoms with E-state index in [1.54, 1.807) is 0 Å². The molecule has 1 atom stereocenters. The van der Waals surface area contributed by atoms with Crippen LogP contribution < -0.4 is 5.32 Å². The molecule has 1 unspecified atom stereocenters. The molecule has 1 fully saturated rings. The molecular weight excluding hydrogens is 266 g/mol. The van der Waals surface area contributed by atoms with Gasteiger partial charge in [-0.3, -0.25) is 14.9 Å². The van der Waals surface area contributed by atoms with E-state index in [0.29, 0.717) is 0 Å². The minimum absolute atomic E-state index is 0.219. The van der Waals surface area contributed by atoms with Crippen LogP contribution in [0.4, 0.5) is 4.79 Å². The van der Waals surface area contributed by atoms with Crippen molar-refractivity contribution < 1.29 is 9.59 Å². The quantitative estimate of drug-likeness (QED) is 0.914. The Hall–Kier alpha value is -1.46. The van der Waals surface area contributed by atoms with E-state index in [9.17, 15) is 9.59 Å². The number of nitrogens with one attached hydrogen (secondary N) is 1. The van der Waals surface area contributed by atoms with Gasteiger partial charge >= 0.3 is 0 Å². The summed E-state index contributed by atoms with van der Waals surface area (Å²) in [7, 11) is 0. The van der Waals surface area contributed by atoms with Gasteiger partial charge in [0, 0.05) is 4.90 Å². The summed E-state index contributed by atoms with van der Waals surface area (Å²) in [5.41, 5.74) is 0. The Bertz CT molecular complexity index is 642. The zero-order chi connectivity index (χ0) is 12.5. The van der Waals surface area contributed by atoms with Crippen molar-refractivity contribution in [3.8, 4) is 0 Å². The molecule has 3 rings (SSSR count). The van der Waals surface area contributed by atoms with E-state index in [1.807, 2.05) is 42.5 Å². The van der Waals surface area contributed by atoms with Crippen LogP contribution in [0.5, 0.6) is 0 Å². The van der Waals surface area contributed by atoms with Crippen LogP contribution in [0.15, 0.2) is 47.4 Å². The van der Waals surface area contributed by atoms with Gasteiger partial charge in [-0.25, -0.2) is 0 Å². The number of benzene rings is 2. The molecule has 0 aromatic heterocycles. The fraction of sp³-hybridized carbons (Fsp3) is 0.0769. The Morgan fingerprint density at radius 2 is 1.83 bits per heavy atom. The van der Waals surface area contributed by atoms with Crippen LogP contribution in [-0.4, -0.2) is 15.7 Å². The van der Waals surface area contributed by atoms with Crippen LogP contribution in [0.25, 0.3) is 10.8 Å². The average Bonchev–Trinajstić information content (AvgIpc) is 2.68. The van der Waals surface area contributed by atoms with Crippen molar-refractivity contribution in [2.24, 2.45) is 0 Å². The Kier molecular flexibility index (Phi) is 3.01.